The molecular weight excluding hydrogens is 405 g/mol. The van der Waals surface area contributed by atoms with E-state index in [1.807, 2.05) is 0 Å². The Morgan fingerprint density at radius 2 is 1.29 bits per heavy atom. The number of hydrogen-bond acceptors (Lipinski definition) is 0. The molecule has 0 atom stereocenters. The lowest BCUT2D eigenvalue weighted by atomic mass is 10.0. The molecule has 1 aromatic heterocycles. The van der Waals surface area contributed by atoms with Gasteiger partial charge in [-0.25, -0.2) is 4.57 Å². The lowest BCUT2D eigenvalue weighted by molar-refractivity contribution is -0.671. The number of hydrogen-bond donors (Lipinski definition) is 0. The Labute approximate surface area is 165 Å². The molecule has 1 nitrogen and oxygen atoms in total. The summed E-state index contributed by atoms with van der Waals surface area (Å²) in [6.07, 6.45) is 16.0. The van der Waals surface area contributed by atoms with Gasteiger partial charge >= 0.3 is 0 Å². The summed E-state index contributed by atoms with van der Waals surface area (Å²) >= 11 is 0. The molecule has 0 aliphatic rings. The zero-order valence-corrected chi connectivity index (χ0v) is 17.5. The standard InChI is InChI=1S/C22H32N.HI/c1-3-4-5-6-7-8-10-20-12-14-21(15-13-20)16-17-22-11-9-18-23(2)19-22;/h9,11-15,18-19H,3-8,10,16-17H2,1-2H3;1H/q+1;/p-1. The molecule has 1 heterocycles. The Bertz CT molecular complexity index is 562. The predicted molar refractivity (Wildman–Crippen MR) is 98.5 cm³/mol. The van der Waals surface area contributed by atoms with Crippen LogP contribution in [0.1, 0.15) is 62.1 Å². The van der Waals surface area contributed by atoms with Crippen LogP contribution >= 0.6 is 0 Å². The van der Waals surface area contributed by atoms with E-state index in [1.54, 1.807) is 0 Å². The number of halogens is 1. The van der Waals surface area contributed by atoms with Gasteiger partial charge in [-0.3, -0.25) is 0 Å². The molecule has 0 N–H and O–H groups in total. The Hall–Kier alpha value is -0.900. The highest BCUT2D eigenvalue weighted by atomic mass is 127. The predicted octanol–water partition coefficient (Wildman–Crippen LogP) is 2.20. The maximum Gasteiger partial charge on any atom is 0.171 e. The van der Waals surface area contributed by atoms with Crippen LogP contribution in [0, 0.1) is 0 Å². The monoisotopic (exact) mass is 437 g/mol. The molecule has 0 saturated carbocycles. The minimum atomic E-state index is 0. The summed E-state index contributed by atoms with van der Waals surface area (Å²) in [4.78, 5) is 0. The molecular formula is C22H32IN. The van der Waals surface area contributed by atoms with Crippen molar-refractivity contribution in [1.82, 2.24) is 0 Å². The largest absolute Gasteiger partial charge is 1.00 e. The summed E-state index contributed by atoms with van der Waals surface area (Å²) in [7, 11) is 2.08. The van der Waals surface area contributed by atoms with Crippen LogP contribution in [0.3, 0.4) is 0 Å². The van der Waals surface area contributed by atoms with Gasteiger partial charge in [-0.15, -0.1) is 0 Å². The maximum atomic E-state index is 2.33. The number of aryl methyl sites for hydroxylation is 4. The summed E-state index contributed by atoms with van der Waals surface area (Å²) in [6, 6.07) is 13.6. The molecule has 0 fully saturated rings. The van der Waals surface area contributed by atoms with E-state index in [-0.39, 0.29) is 24.0 Å². The molecule has 2 aromatic rings. The van der Waals surface area contributed by atoms with Crippen LogP contribution in [0.5, 0.6) is 0 Å². The summed E-state index contributed by atoms with van der Waals surface area (Å²) in [6.45, 7) is 2.28. The normalized spacial score (nSPS) is 10.4. The van der Waals surface area contributed by atoms with Crippen molar-refractivity contribution in [2.75, 3.05) is 0 Å². The number of rotatable bonds is 10. The third-order valence-corrected chi connectivity index (χ3v) is 4.55. The van der Waals surface area contributed by atoms with Crippen molar-refractivity contribution in [3.8, 4) is 0 Å². The quantitative estimate of drug-likeness (QED) is 0.305. The van der Waals surface area contributed by atoms with Crippen LogP contribution in [0.2, 0.25) is 0 Å². The summed E-state index contributed by atoms with van der Waals surface area (Å²) in [5.74, 6) is 0. The van der Waals surface area contributed by atoms with Crippen LogP contribution < -0.4 is 28.5 Å². The highest BCUT2D eigenvalue weighted by molar-refractivity contribution is 5.23. The minimum Gasteiger partial charge on any atom is -1.00 e. The van der Waals surface area contributed by atoms with Crippen LogP contribution in [0.4, 0.5) is 0 Å². The average Bonchev–Trinajstić information content (AvgIpc) is 2.57. The molecule has 0 spiro atoms. The van der Waals surface area contributed by atoms with Gasteiger partial charge in [0.25, 0.3) is 0 Å². The zero-order valence-electron chi connectivity index (χ0n) is 15.3. The van der Waals surface area contributed by atoms with Crippen LogP contribution in [0.15, 0.2) is 48.8 Å². The molecule has 1 aromatic carbocycles. The third kappa shape index (κ3) is 8.27. The zero-order chi connectivity index (χ0) is 16.3. The number of pyridine rings is 1. The molecule has 132 valence electrons. The van der Waals surface area contributed by atoms with Gasteiger partial charge in [-0.05, 0) is 42.9 Å². The molecule has 2 rings (SSSR count). The van der Waals surface area contributed by atoms with Gasteiger partial charge in [-0.1, -0.05) is 63.3 Å². The first-order valence-corrected chi connectivity index (χ1v) is 9.30. The first kappa shape index (κ1) is 21.1. The molecule has 0 radical (unpaired) electrons. The summed E-state index contributed by atoms with van der Waals surface area (Å²) in [5, 5.41) is 0. The fraction of sp³-hybridized carbons (Fsp3) is 0.500. The van der Waals surface area contributed by atoms with Crippen molar-refractivity contribution in [3.05, 3.63) is 65.5 Å². The molecule has 0 amide bonds. The molecule has 0 aliphatic carbocycles. The van der Waals surface area contributed by atoms with E-state index in [2.05, 4.69) is 67.3 Å². The lowest BCUT2D eigenvalue weighted by Crippen LogP contribution is -3.00. The molecule has 0 unspecified atom stereocenters. The number of nitrogens with zero attached hydrogens (tertiary/aromatic N) is 1. The number of unbranched alkanes of at least 4 members (excludes halogenated alkanes) is 5. The lowest BCUT2D eigenvalue weighted by Gasteiger charge is -2.05. The van der Waals surface area contributed by atoms with Crippen molar-refractivity contribution >= 4 is 0 Å². The van der Waals surface area contributed by atoms with Crippen LogP contribution in [-0.4, -0.2) is 0 Å². The molecule has 0 aliphatic heterocycles. The first-order chi connectivity index (χ1) is 11.3. The van der Waals surface area contributed by atoms with Crippen molar-refractivity contribution in [1.29, 1.82) is 0 Å². The van der Waals surface area contributed by atoms with Gasteiger partial charge in [0.1, 0.15) is 7.05 Å². The Morgan fingerprint density at radius 1 is 0.708 bits per heavy atom. The van der Waals surface area contributed by atoms with E-state index in [4.69, 9.17) is 0 Å². The van der Waals surface area contributed by atoms with Crippen molar-refractivity contribution in [2.45, 2.75) is 64.7 Å². The Morgan fingerprint density at radius 3 is 1.96 bits per heavy atom. The molecule has 2 heteroatoms. The minimum absolute atomic E-state index is 0. The second-order valence-electron chi connectivity index (χ2n) is 6.71. The highest BCUT2D eigenvalue weighted by Gasteiger charge is 2.00. The first-order valence-electron chi connectivity index (χ1n) is 9.30. The summed E-state index contributed by atoms with van der Waals surface area (Å²) < 4.78 is 2.12. The molecule has 24 heavy (non-hydrogen) atoms. The van der Waals surface area contributed by atoms with Gasteiger partial charge in [0.2, 0.25) is 0 Å². The van der Waals surface area contributed by atoms with Gasteiger partial charge in [0.05, 0.1) is 0 Å². The van der Waals surface area contributed by atoms with E-state index >= 15 is 0 Å². The van der Waals surface area contributed by atoms with Crippen LogP contribution in [0.25, 0.3) is 0 Å². The smallest absolute Gasteiger partial charge is 0.171 e. The van der Waals surface area contributed by atoms with Gasteiger partial charge < -0.3 is 24.0 Å². The number of aromatic nitrogens is 1. The Kier molecular flexibility index (Phi) is 11.0. The maximum absolute atomic E-state index is 2.33. The van der Waals surface area contributed by atoms with Crippen molar-refractivity contribution in [3.63, 3.8) is 0 Å². The third-order valence-electron chi connectivity index (χ3n) is 4.55. The average molecular weight is 437 g/mol. The van der Waals surface area contributed by atoms with Crippen LogP contribution in [-0.2, 0) is 26.3 Å². The van der Waals surface area contributed by atoms with Gasteiger partial charge in [0, 0.05) is 11.6 Å². The second kappa shape index (κ2) is 12.5. The fourth-order valence-corrected chi connectivity index (χ4v) is 3.07. The summed E-state index contributed by atoms with van der Waals surface area (Å²) in [5.41, 5.74) is 4.35. The van der Waals surface area contributed by atoms with E-state index in [0.29, 0.717) is 0 Å². The van der Waals surface area contributed by atoms with E-state index in [0.717, 1.165) is 12.8 Å². The van der Waals surface area contributed by atoms with Crippen molar-refractivity contribution in [2.24, 2.45) is 7.05 Å². The molecule has 0 saturated heterocycles. The van der Waals surface area contributed by atoms with Gasteiger partial charge in [-0.2, -0.15) is 0 Å². The second-order valence-corrected chi connectivity index (χ2v) is 6.71. The van der Waals surface area contributed by atoms with Gasteiger partial charge in [0.15, 0.2) is 12.4 Å². The fourth-order valence-electron chi connectivity index (χ4n) is 3.07. The van der Waals surface area contributed by atoms with E-state index in [1.165, 1.54) is 61.6 Å². The highest BCUT2D eigenvalue weighted by Crippen LogP contribution is 2.12. The molecule has 0 bridgehead atoms. The topological polar surface area (TPSA) is 3.88 Å². The number of benzene rings is 1. The Balaban J connectivity index is 0.00000288. The van der Waals surface area contributed by atoms with E-state index in [9.17, 15) is 0 Å². The SMILES string of the molecule is CCCCCCCCc1ccc(CCc2ccc[n+](C)c2)cc1.[I-]. The van der Waals surface area contributed by atoms with Crippen molar-refractivity contribution < 1.29 is 28.5 Å². The van der Waals surface area contributed by atoms with E-state index < -0.39 is 0 Å².